The molecule has 1 aromatic heterocycles. The van der Waals surface area contributed by atoms with Crippen molar-refractivity contribution in [3.05, 3.63) is 18.0 Å². The highest BCUT2D eigenvalue weighted by Crippen LogP contribution is 2.32. The summed E-state index contributed by atoms with van der Waals surface area (Å²) in [5, 5.41) is 3.97. The summed E-state index contributed by atoms with van der Waals surface area (Å²) in [5.41, 5.74) is 0.0220. The van der Waals surface area contributed by atoms with E-state index in [1.165, 1.54) is 12.3 Å². The van der Waals surface area contributed by atoms with E-state index in [1.807, 2.05) is 25.7 Å². The van der Waals surface area contributed by atoms with Gasteiger partial charge in [0.05, 0.1) is 0 Å². The predicted octanol–water partition coefficient (Wildman–Crippen LogP) is 2.94. The molecule has 0 saturated carbocycles. The van der Waals surface area contributed by atoms with Gasteiger partial charge in [0.15, 0.2) is 0 Å². The van der Waals surface area contributed by atoms with Crippen LogP contribution < -0.4 is 0 Å². The Hall–Kier alpha value is -1.46. The van der Waals surface area contributed by atoms with Crippen LogP contribution in [0.4, 0.5) is 8.78 Å². The van der Waals surface area contributed by atoms with Gasteiger partial charge >= 0.3 is 0 Å². The lowest BCUT2D eigenvalue weighted by atomic mass is 9.86. The van der Waals surface area contributed by atoms with Gasteiger partial charge in [-0.1, -0.05) is 0 Å². The Morgan fingerprint density at radius 1 is 1.55 bits per heavy atom. The number of likely N-dealkylation sites (tertiary alicyclic amines) is 1. The van der Waals surface area contributed by atoms with Crippen LogP contribution in [0.5, 0.6) is 0 Å². The Balaban J connectivity index is 2.19. The van der Waals surface area contributed by atoms with Gasteiger partial charge in [-0.15, -0.1) is 0 Å². The van der Waals surface area contributed by atoms with E-state index in [0.29, 0.717) is 0 Å². The van der Waals surface area contributed by atoms with E-state index in [2.05, 4.69) is 5.10 Å². The van der Waals surface area contributed by atoms with Gasteiger partial charge in [-0.2, -0.15) is 5.10 Å². The zero-order valence-corrected chi connectivity index (χ0v) is 12.1. The smallest absolute Gasteiger partial charge is 0.275 e. The summed E-state index contributed by atoms with van der Waals surface area (Å²) in [6, 6.07) is 1.66. The SMILES string of the molecule is CC1CCCC(C)(C)N1C(=O)c1ccn(CC(F)F)n1. The first-order chi connectivity index (χ1) is 9.31. The van der Waals surface area contributed by atoms with Gasteiger partial charge in [-0.05, 0) is 46.1 Å². The van der Waals surface area contributed by atoms with E-state index in [1.54, 1.807) is 0 Å². The van der Waals surface area contributed by atoms with Gasteiger partial charge in [0.2, 0.25) is 0 Å². The zero-order valence-electron chi connectivity index (χ0n) is 12.1. The van der Waals surface area contributed by atoms with Crippen LogP contribution in [0.1, 0.15) is 50.5 Å². The monoisotopic (exact) mass is 285 g/mol. The number of hydrogen-bond acceptors (Lipinski definition) is 2. The Morgan fingerprint density at radius 3 is 2.85 bits per heavy atom. The number of piperidine rings is 1. The molecular formula is C14H21F2N3O. The quantitative estimate of drug-likeness (QED) is 0.856. The molecule has 1 fully saturated rings. The molecule has 1 atom stereocenters. The van der Waals surface area contributed by atoms with E-state index in [9.17, 15) is 13.6 Å². The van der Waals surface area contributed by atoms with Crippen LogP contribution in [0.25, 0.3) is 0 Å². The van der Waals surface area contributed by atoms with Gasteiger partial charge in [-0.25, -0.2) is 8.78 Å². The largest absolute Gasteiger partial charge is 0.329 e. The van der Waals surface area contributed by atoms with Gasteiger partial charge in [0.25, 0.3) is 12.3 Å². The van der Waals surface area contributed by atoms with Crippen molar-refractivity contribution < 1.29 is 13.6 Å². The highest BCUT2D eigenvalue weighted by atomic mass is 19.3. The lowest BCUT2D eigenvalue weighted by Crippen LogP contribution is -2.55. The number of aromatic nitrogens is 2. The molecule has 1 aliphatic rings. The minimum Gasteiger partial charge on any atom is -0.329 e. The highest BCUT2D eigenvalue weighted by Gasteiger charge is 2.38. The van der Waals surface area contributed by atoms with Gasteiger partial charge < -0.3 is 4.90 Å². The van der Waals surface area contributed by atoms with Crippen LogP contribution in [0.15, 0.2) is 12.3 Å². The number of amides is 1. The molecule has 2 heterocycles. The molecule has 4 nitrogen and oxygen atoms in total. The van der Waals surface area contributed by atoms with Gasteiger partial charge in [0.1, 0.15) is 12.2 Å². The predicted molar refractivity (Wildman–Crippen MR) is 71.8 cm³/mol. The molecule has 1 saturated heterocycles. The van der Waals surface area contributed by atoms with Crippen molar-refractivity contribution in [1.82, 2.24) is 14.7 Å². The topological polar surface area (TPSA) is 38.1 Å². The lowest BCUT2D eigenvalue weighted by Gasteiger charge is -2.46. The van der Waals surface area contributed by atoms with Crippen molar-refractivity contribution in [2.24, 2.45) is 0 Å². The first-order valence-electron chi connectivity index (χ1n) is 6.96. The van der Waals surface area contributed by atoms with Crippen LogP contribution in [-0.2, 0) is 6.54 Å². The second-order valence-electron chi connectivity index (χ2n) is 6.04. The molecule has 112 valence electrons. The van der Waals surface area contributed by atoms with E-state index >= 15 is 0 Å². The van der Waals surface area contributed by atoms with Crippen LogP contribution >= 0.6 is 0 Å². The molecule has 0 radical (unpaired) electrons. The number of alkyl halides is 2. The minimum atomic E-state index is -2.47. The lowest BCUT2D eigenvalue weighted by molar-refractivity contribution is 0.0233. The number of hydrogen-bond donors (Lipinski definition) is 0. The summed E-state index contributed by atoms with van der Waals surface area (Å²) in [7, 11) is 0. The van der Waals surface area contributed by atoms with Gasteiger partial charge in [0, 0.05) is 17.8 Å². The zero-order chi connectivity index (χ0) is 14.9. The van der Waals surface area contributed by atoms with E-state index in [4.69, 9.17) is 0 Å². The van der Waals surface area contributed by atoms with Crippen molar-refractivity contribution in [2.75, 3.05) is 0 Å². The Bertz CT molecular complexity index is 485. The van der Waals surface area contributed by atoms with E-state index in [-0.39, 0.29) is 23.2 Å². The number of rotatable bonds is 3. The third-order valence-electron chi connectivity index (χ3n) is 3.91. The van der Waals surface area contributed by atoms with Crippen LogP contribution in [0.2, 0.25) is 0 Å². The summed E-state index contributed by atoms with van der Waals surface area (Å²) in [6.45, 7) is 5.62. The number of carbonyl (C=O) groups excluding carboxylic acids is 1. The van der Waals surface area contributed by atoms with Crippen LogP contribution in [0.3, 0.4) is 0 Å². The number of carbonyl (C=O) groups is 1. The molecular weight excluding hydrogens is 264 g/mol. The second kappa shape index (κ2) is 5.50. The van der Waals surface area contributed by atoms with Crippen molar-refractivity contribution >= 4 is 5.91 Å². The Labute approximate surface area is 117 Å². The standard InChI is InChI=1S/C14H21F2N3O/c1-10-5-4-7-14(2,3)19(10)13(20)11-6-8-18(17-11)9-12(15)16/h6,8,10,12H,4-5,7,9H2,1-3H3. The molecule has 1 aliphatic heterocycles. The fraction of sp³-hybridized carbons (Fsp3) is 0.714. The molecule has 1 amide bonds. The molecule has 1 aromatic rings. The summed E-state index contributed by atoms with van der Waals surface area (Å²) in [6.07, 6.45) is 1.97. The van der Waals surface area contributed by atoms with E-state index in [0.717, 1.165) is 23.9 Å². The average molecular weight is 285 g/mol. The average Bonchev–Trinajstić information content (AvgIpc) is 2.75. The maximum atomic E-state index is 12.6. The third kappa shape index (κ3) is 2.99. The normalized spacial score (nSPS) is 22.3. The first-order valence-corrected chi connectivity index (χ1v) is 6.96. The molecule has 20 heavy (non-hydrogen) atoms. The van der Waals surface area contributed by atoms with Crippen molar-refractivity contribution in [3.63, 3.8) is 0 Å². The van der Waals surface area contributed by atoms with Crippen molar-refractivity contribution in [1.29, 1.82) is 0 Å². The first kappa shape index (κ1) is 14.9. The fourth-order valence-electron chi connectivity index (χ4n) is 2.99. The Kier molecular flexibility index (Phi) is 4.11. The molecule has 0 bridgehead atoms. The Morgan fingerprint density at radius 2 is 2.25 bits per heavy atom. The summed E-state index contributed by atoms with van der Waals surface area (Å²) in [5.74, 6) is -0.171. The van der Waals surface area contributed by atoms with Crippen LogP contribution in [0, 0.1) is 0 Å². The minimum absolute atomic E-state index is 0.145. The maximum Gasteiger partial charge on any atom is 0.275 e. The molecule has 0 aliphatic carbocycles. The van der Waals surface area contributed by atoms with Crippen LogP contribution in [-0.4, -0.2) is 38.6 Å². The molecule has 2 rings (SSSR count). The maximum absolute atomic E-state index is 12.6. The second-order valence-corrected chi connectivity index (χ2v) is 6.04. The van der Waals surface area contributed by atoms with E-state index < -0.39 is 13.0 Å². The molecule has 0 aromatic carbocycles. The molecule has 0 spiro atoms. The molecule has 1 unspecified atom stereocenters. The molecule has 6 heteroatoms. The summed E-state index contributed by atoms with van der Waals surface area (Å²) >= 11 is 0. The number of halogens is 2. The summed E-state index contributed by atoms with van der Waals surface area (Å²) in [4.78, 5) is 14.4. The fourth-order valence-corrected chi connectivity index (χ4v) is 2.99. The summed E-state index contributed by atoms with van der Waals surface area (Å²) < 4.78 is 25.8. The number of nitrogens with zero attached hydrogens (tertiary/aromatic N) is 3. The van der Waals surface area contributed by atoms with Gasteiger partial charge in [-0.3, -0.25) is 9.48 Å². The van der Waals surface area contributed by atoms with Crippen molar-refractivity contribution in [2.45, 2.75) is 64.6 Å². The van der Waals surface area contributed by atoms with Crippen molar-refractivity contribution in [3.8, 4) is 0 Å². The molecule has 0 N–H and O–H groups in total. The highest BCUT2D eigenvalue weighted by molar-refractivity contribution is 5.93. The third-order valence-corrected chi connectivity index (χ3v) is 3.91.